The second-order valence-corrected chi connectivity index (χ2v) is 5.15. The Morgan fingerprint density at radius 2 is 0.333 bits per heavy atom. The quantitative estimate of drug-likeness (QED) is 0.204. The molecule has 126 valence electrons. The molecule has 0 aliphatic carbocycles. The SMILES string of the molecule is [Ba+2].[Ba+2].[O]=[Ti]([O-])[O-].[O]=[Ti]([O-])[O-].[O]=[Ti]([O-])[O-].[O]=[Ti]([O-])[O-].[O]=[Ti]([O-])[O-].[Sm+3].[Sm+3]. The van der Waals surface area contributed by atoms with Crippen LogP contribution in [0.3, 0.4) is 0 Å². The van der Waals surface area contributed by atoms with E-state index in [1.165, 1.54) is 0 Å². The summed E-state index contributed by atoms with van der Waals surface area (Å²) in [6.45, 7) is 0. The summed E-state index contributed by atoms with van der Waals surface area (Å²) in [5, 5.41) is 0. The van der Waals surface area contributed by atoms with Gasteiger partial charge in [0.2, 0.25) is 0 Å². The Hall–Kier alpha value is 7.99. The van der Waals surface area contributed by atoms with Crippen LogP contribution in [-0.2, 0) is 110 Å². The molecule has 0 bridgehead atoms. The summed E-state index contributed by atoms with van der Waals surface area (Å²) in [7, 11) is 0. The van der Waals surface area contributed by atoms with Crippen LogP contribution in [0.4, 0.5) is 0 Å². The van der Waals surface area contributed by atoms with Crippen molar-refractivity contribution in [3.8, 4) is 0 Å². The molecule has 15 nitrogen and oxygen atoms in total. The molecule has 0 rings (SSSR count). The summed E-state index contributed by atoms with van der Waals surface area (Å²) in [6.07, 6.45) is 0. The van der Waals surface area contributed by atoms with Crippen LogP contribution in [0.15, 0.2) is 0 Å². The molecule has 0 amide bonds. The Kier molecular flexibility index (Phi) is 128. The van der Waals surface area contributed by atoms with Crippen LogP contribution in [0, 0.1) is 80.8 Å². The molecule has 0 aromatic carbocycles. The van der Waals surface area contributed by atoms with Crippen molar-refractivity contribution in [3.63, 3.8) is 0 Å². The largest absolute Gasteiger partial charge is 3.00 e. The summed E-state index contributed by atoms with van der Waals surface area (Å²) in [5.41, 5.74) is 0. The van der Waals surface area contributed by atoms with Crippen LogP contribution in [0.1, 0.15) is 0 Å². The van der Waals surface area contributed by atoms with Crippen molar-refractivity contribution in [1.82, 2.24) is 0 Å². The van der Waals surface area contributed by atoms with Crippen molar-refractivity contribution < 1.29 is 227 Å². The van der Waals surface area contributed by atoms with Gasteiger partial charge in [-0.15, -0.1) is 0 Å². The van der Waals surface area contributed by atoms with Crippen LogP contribution in [0.25, 0.3) is 0 Å². The first-order valence-corrected chi connectivity index (χ1v) is 12.6. The van der Waals surface area contributed by atoms with Gasteiger partial charge in [0.05, 0.1) is 0 Å². The normalized spacial score (nSPS) is 5.42. The minimum atomic E-state index is -4.08. The molecular formula is Ba2O15Sm2Ti5. The molecule has 0 unspecified atom stereocenters. The van der Waals surface area contributed by atoms with Crippen molar-refractivity contribution in [2.75, 3.05) is 0 Å². The van der Waals surface area contributed by atoms with Gasteiger partial charge >= 0.3 is 325 Å². The van der Waals surface area contributed by atoms with Gasteiger partial charge in [-0.1, -0.05) is 0 Å². The average Bonchev–Trinajstić information content (AvgIpc) is 1.94. The van der Waals surface area contributed by atoms with Crippen molar-refractivity contribution in [2.24, 2.45) is 0 Å². The molecule has 0 fully saturated rings. The first-order chi connectivity index (χ1) is 8.66. The molecule has 0 heterocycles. The van der Waals surface area contributed by atoms with E-state index in [0.29, 0.717) is 0 Å². The summed E-state index contributed by atoms with van der Waals surface area (Å²) >= 11 is -20.4. The van der Waals surface area contributed by atoms with Crippen molar-refractivity contribution in [3.05, 3.63) is 0 Å². The fourth-order valence-corrected chi connectivity index (χ4v) is 0. The van der Waals surface area contributed by atoms with Crippen LogP contribution in [0.5, 0.6) is 0 Å². The minimum Gasteiger partial charge on any atom is 3.00 e. The zero-order valence-electron chi connectivity index (χ0n) is 10.9. The number of hydrogen-bond donors (Lipinski definition) is 0. The fourth-order valence-electron chi connectivity index (χ4n) is 0. The third-order valence-corrected chi connectivity index (χ3v) is 0. The van der Waals surface area contributed by atoms with Crippen molar-refractivity contribution in [1.29, 1.82) is 0 Å². The molecule has 0 saturated heterocycles. The Bertz CT molecular complexity index is 221. The Morgan fingerprint density at radius 1 is 0.333 bits per heavy atom. The third-order valence-electron chi connectivity index (χ3n) is 0. The van der Waals surface area contributed by atoms with Gasteiger partial charge in [-0.3, -0.25) is 0 Å². The van der Waals surface area contributed by atoms with Crippen LogP contribution >= 0.6 is 0 Å². The molecule has 0 N–H and O–H groups in total. The van der Waals surface area contributed by atoms with E-state index in [1.807, 2.05) is 0 Å². The van der Waals surface area contributed by atoms with Gasteiger partial charge in [-0.25, -0.2) is 0 Å². The maximum atomic E-state index is 8.58. The second-order valence-electron chi connectivity index (χ2n) is 1.25. The number of hydrogen-bond acceptors (Lipinski definition) is 15. The summed E-state index contributed by atoms with van der Waals surface area (Å²) < 4.78 is 129. The van der Waals surface area contributed by atoms with Gasteiger partial charge in [0.15, 0.2) is 0 Å². The van der Waals surface area contributed by atoms with Crippen LogP contribution < -0.4 is 36.9 Å². The zero-order valence-corrected chi connectivity index (χ0v) is 32.8. The van der Waals surface area contributed by atoms with Crippen LogP contribution in [0.2, 0.25) is 0 Å². The first-order valence-electron chi connectivity index (χ1n) is 3.06. The van der Waals surface area contributed by atoms with Crippen molar-refractivity contribution >= 4 is 97.8 Å². The number of rotatable bonds is 0. The first kappa shape index (κ1) is 58.1. The maximum Gasteiger partial charge on any atom is 3.00 e. The second kappa shape index (κ2) is 52.7. The molecule has 0 spiro atoms. The van der Waals surface area contributed by atoms with Crippen LogP contribution in [-0.4, -0.2) is 97.8 Å². The van der Waals surface area contributed by atoms with E-state index in [4.69, 9.17) is 53.5 Å². The van der Waals surface area contributed by atoms with Gasteiger partial charge in [0, 0.05) is 0 Å². The summed E-state index contributed by atoms with van der Waals surface area (Å²) in [6, 6.07) is 0. The van der Waals surface area contributed by atoms with E-state index < -0.39 is 93.1 Å². The molecule has 0 aromatic rings. The molecule has 2 radical (unpaired) electrons. The minimum absolute atomic E-state index is 0. The fraction of sp³-hybridized carbons (Fsp3) is 0. The molecular weight excluding hydrogens is 1050 g/mol. The third kappa shape index (κ3) is 395. The van der Waals surface area contributed by atoms with E-state index in [2.05, 4.69) is 0 Å². The van der Waals surface area contributed by atoms with E-state index in [-0.39, 0.29) is 179 Å². The molecule has 24 heteroatoms. The predicted molar refractivity (Wildman–Crippen MR) is 14.9 cm³/mol. The standard InChI is InChI=1S/2Ba.15O.2Sm.5Ti/q2*+2;;;;;;10*-1;2*+3;;;;;. The molecule has 0 atom stereocenters. The molecule has 0 saturated carbocycles. The Morgan fingerprint density at radius 3 is 0.333 bits per heavy atom. The molecule has 0 aliphatic heterocycles. The average molecular weight is 1050 g/mol. The monoisotopic (exact) mass is 1060 g/mol. The Labute approximate surface area is 315 Å². The smallest absolute Gasteiger partial charge is 3.00 e. The van der Waals surface area contributed by atoms with Crippen molar-refractivity contribution in [2.45, 2.75) is 0 Å². The summed E-state index contributed by atoms with van der Waals surface area (Å²) in [4.78, 5) is 0. The maximum absolute atomic E-state index is 8.58. The van der Waals surface area contributed by atoms with Gasteiger partial charge in [-0.2, -0.15) is 0 Å². The summed E-state index contributed by atoms with van der Waals surface area (Å²) in [5.74, 6) is 0. The van der Waals surface area contributed by atoms with Gasteiger partial charge in [0.1, 0.15) is 0 Å². The van der Waals surface area contributed by atoms with E-state index in [1.54, 1.807) is 0 Å². The molecule has 0 aromatic heterocycles. The Balaban J connectivity index is -0.0000000161. The zero-order chi connectivity index (χ0) is 17.9. The van der Waals surface area contributed by atoms with Gasteiger partial charge in [-0.05, 0) is 0 Å². The van der Waals surface area contributed by atoms with Gasteiger partial charge in [0.25, 0.3) is 0 Å². The molecule has 0 aliphatic rings. The van der Waals surface area contributed by atoms with Gasteiger partial charge < -0.3 is 0 Å². The predicted octanol–water partition coefficient (Wildman–Crippen LogP) is -13.3. The van der Waals surface area contributed by atoms with E-state index in [9.17, 15) is 0 Å². The van der Waals surface area contributed by atoms with E-state index >= 15 is 0 Å². The topological polar surface area (TPSA) is 316 Å². The van der Waals surface area contributed by atoms with E-state index in [0.717, 1.165) is 0 Å². The molecule has 24 heavy (non-hydrogen) atoms.